The minimum absolute atomic E-state index is 0.0161. The Kier molecular flexibility index (Phi) is 22.9. The number of imide groups is 1. The fourth-order valence-corrected chi connectivity index (χ4v) is 7.42. The van der Waals surface area contributed by atoms with Gasteiger partial charge in [-0.2, -0.15) is 0 Å². The summed E-state index contributed by atoms with van der Waals surface area (Å²) in [4.78, 5) is 133. The summed E-state index contributed by atoms with van der Waals surface area (Å²) in [5, 5.41) is 44.1. The zero-order valence-corrected chi connectivity index (χ0v) is 36.8. The predicted molar refractivity (Wildman–Crippen MR) is 224 cm³/mol. The Morgan fingerprint density at radius 1 is 0.754 bits per heavy atom. The second-order valence-electron chi connectivity index (χ2n) is 16.4. The van der Waals surface area contributed by atoms with Crippen LogP contribution in [0.1, 0.15) is 71.1 Å². The first-order chi connectivity index (χ1) is 30.8. The van der Waals surface area contributed by atoms with E-state index in [1.165, 1.54) is 0 Å². The maximum absolute atomic E-state index is 12.9. The van der Waals surface area contributed by atoms with Crippen molar-refractivity contribution in [2.75, 3.05) is 98.3 Å². The minimum atomic E-state index is -1.21. The molecule has 0 radical (unpaired) electrons. The molecule has 1 unspecified atom stereocenters. The first-order valence-electron chi connectivity index (χ1n) is 21.7. The van der Waals surface area contributed by atoms with Crippen LogP contribution in [-0.4, -0.2) is 215 Å². The molecule has 2 aliphatic heterocycles. The number of Topliss-reactive ketones (excluding diaryl/α,β-unsaturated/α-hetero) is 1. The van der Waals surface area contributed by atoms with Gasteiger partial charge in [0.05, 0.1) is 31.7 Å². The molecule has 0 saturated carbocycles. The number of nitrogens with zero attached hydrogens (tertiary/aromatic N) is 5. The molecule has 3 aliphatic rings. The van der Waals surface area contributed by atoms with E-state index in [0.29, 0.717) is 17.9 Å². The van der Waals surface area contributed by atoms with Crippen LogP contribution >= 0.6 is 0 Å². The molecule has 0 bridgehead atoms. The van der Waals surface area contributed by atoms with E-state index in [1.807, 2.05) is 0 Å². The number of hydrogen-bond acceptors (Lipinski definition) is 17. The number of aliphatic carboxylic acids is 4. The van der Waals surface area contributed by atoms with Crippen LogP contribution in [0.15, 0.2) is 12.2 Å². The van der Waals surface area contributed by atoms with E-state index < -0.39 is 71.2 Å². The predicted octanol–water partition coefficient (Wildman–Crippen LogP) is -0.984. The normalized spacial score (nSPS) is 22.0. The van der Waals surface area contributed by atoms with Gasteiger partial charge in [-0.05, 0) is 51.5 Å². The summed E-state index contributed by atoms with van der Waals surface area (Å²) in [6.45, 7) is 1.52. The Hall–Kier alpha value is -5.56. The third-order valence-corrected chi connectivity index (χ3v) is 11.2. The molecule has 1 aliphatic carbocycles. The summed E-state index contributed by atoms with van der Waals surface area (Å²) in [6, 6.07) is -1.15. The average molecular weight is 926 g/mol. The van der Waals surface area contributed by atoms with Crippen molar-refractivity contribution in [3.05, 3.63) is 12.2 Å². The lowest BCUT2D eigenvalue weighted by Crippen LogP contribution is -2.51. The van der Waals surface area contributed by atoms with Crippen LogP contribution in [0.3, 0.4) is 0 Å². The topological polar surface area (TPSA) is 320 Å². The van der Waals surface area contributed by atoms with Crippen molar-refractivity contribution in [2.45, 2.75) is 83.3 Å². The van der Waals surface area contributed by atoms with Crippen molar-refractivity contribution in [2.24, 2.45) is 5.41 Å². The van der Waals surface area contributed by atoms with Crippen LogP contribution in [0.4, 0.5) is 4.79 Å². The van der Waals surface area contributed by atoms with E-state index in [4.69, 9.17) is 14.3 Å². The molecule has 364 valence electrons. The van der Waals surface area contributed by atoms with E-state index in [-0.39, 0.29) is 155 Å². The fourth-order valence-electron chi connectivity index (χ4n) is 7.42. The van der Waals surface area contributed by atoms with Gasteiger partial charge < -0.3 is 45.4 Å². The molecule has 2 saturated heterocycles. The third kappa shape index (κ3) is 20.4. The van der Waals surface area contributed by atoms with Crippen molar-refractivity contribution in [3.8, 4) is 0 Å². The van der Waals surface area contributed by atoms with Gasteiger partial charge in [-0.25, -0.2) is 9.59 Å². The van der Waals surface area contributed by atoms with Gasteiger partial charge in [-0.1, -0.05) is 6.08 Å². The van der Waals surface area contributed by atoms with E-state index in [9.17, 15) is 68.4 Å². The summed E-state index contributed by atoms with van der Waals surface area (Å²) in [6.07, 6.45) is 3.57. The van der Waals surface area contributed by atoms with Crippen LogP contribution < -0.4 is 10.6 Å². The zero-order chi connectivity index (χ0) is 47.9. The Morgan fingerprint density at radius 3 is 1.85 bits per heavy atom. The summed E-state index contributed by atoms with van der Waals surface area (Å²) in [7, 11) is 0. The highest BCUT2D eigenvalue weighted by Crippen LogP contribution is 2.35. The minimum Gasteiger partial charge on any atom is -0.480 e. The van der Waals surface area contributed by atoms with Crippen molar-refractivity contribution in [1.82, 2.24) is 35.3 Å². The Bertz CT molecular complexity index is 1680. The molecule has 24 heteroatoms. The molecular formula is C41H63N7O17. The Balaban J connectivity index is 1.36. The van der Waals surface area contributed by atoms with Crippen LogP contribution in [0, 0.1) is 5.41 Å². The number of ether oxygens (including phenoxy) is 2. The first-order valence-corrected chi connectivity index (χ1v) is 21.7. The van der Waals surface area contributed by atoms with Gasteiger partial charge in [-0.3, -0.25) is 58.0 Å². The van der Waals surface area contributed by atoms with Crippen molar-refractivity contribution < 1.29 is 82.7 Å². The maximum atomic E-state index is 12.9. The van der Waals surface area contributed by atoms with Gasteiger partial charge in [0.15, 0.2) is 0 Å². The monoisotopic (exact) mass is 925 g/mol. The van der Waals surface area contributed by atoms with Gasteiger partial charge in [0.25, 0.3) is 11.8 Å². The molecule has 65 heavy (non-hydrogen) atoms. The smallest absolute Gasteiger partial charge is 0.407 e. The van der Waals surface area contributed by atoms with Gasteiger partial charge in [-0.15, -0.1) is 5.06 Å². The lowest BCUT2D eigenvalue weighted by molar-refractivity contribution is -0.205. The van der Waals surface area contributed by atoms with Gasteiger partial charge in [0.2, 0.25) is 5.91 Å². The summed E-state index contributed by atoms with van der Waals surface area (Å²) in [5.74, 6) is -7.10. The maximum Gasteiger partial charge on any atom is 0.407 e. The molecule has 2 heterocycles. The second kappa shape index (κ2) is 27.7. The van der Waals surface area contributed by atoms with E-state index in [0.717, 1.165) is 0 Å². The molecule has 24 nitrogen and oxygen atoms in total. The van der Waals surface area contributed by atoms with E-state index in [1.54, 1.807) is 38.7 Å². The summed E-state index contributed by atoms with van der Waals surface area (Å²) < 4.78 is 10.8. The fraction of sp³-hybridized carbons (Fsp3) is 0.707. The number of hydroxylamine groups is 2. The number of hydrogen-bond donors (Lipinski definition) is 6. The first kappa shape index (κ1) is 53.8. The molecule has 0 aromatic rings. The molecule has 0 spiro atoms. The summed E-state index contributed by atoms with van der Waals surface area (Å²) >= 11 is 0. The quantitative estimate of drug-likeness (QED) is 0.0407. The Labute approximate surface area is 376 Å². The number of allylic oxidation sites excluding steroid dienone is 1. The number of ketones is 1. The van der Waals surface area contributed by atoms with Gasteiger partial charge in [0.1, 0.15) is 24.5 Å². The highest BCUT2D eigenvalue weighted by Gasteiger charge is 2.41. The van der Waals surface area contributed by atoms with E-state index in [2.05, 4.69) is 10.6 Å². The molecular weight excluding hydrogens is 862 g/mol. The number of carboxylic acids is 4. The molecule has 0 aromatic carbocycles. The number of carbonyl (C=O) groups excluding carboxylic acids is 6. The highest BCUT2D eigenvalue weighted by atomic mass is 16.7. The van der Waals surface area contributed by atoms with Crippen LogP contribution in [0.25, 0.3) is 0 Å². The van der Waals surface area contributed by atoms with Gasteiger partial charge in [0, 0.05) is 91.1 Å². The molecule has 2 fully saturated rings. The second-order valence-corrected chi connectivity index (χ2v) is 16.4. The van der Waals surface area contributed by atoms with Crippen LogP contribution in [0.2, 0.25) is 0 Å². The van der Waals surface area contributed by atoms with Crippen LogP contribution in [-0.2, 0) is 57.5 Å². The largest absolute Gasteiger partial charge is 0.480 e. The molecule has 6 N–H and O–H groups in total. The van der Waals surface area contributed by atoms with E-state index >= 15 is 0 Å². The van der Waals surface area contributed by atoms with Gasteiger partial charge >= 0.3 is 35.9 Å². The number of carbonyl (C=O) groups is 10. The number of carboxylic acid groups (broad SMARTS) is 4. The summed E-state index contributed by atoms with van der Waals surface area (Å²) in [5.41, 5.74) is -1.03. The lowest BCUT2D eigenvalue weighted by Gasteiger charge is -2.35. The number of nitrogens with one attached hydrogen (secondary N) is 2. The standard InChI is InChI=1S/C41H63N7O17/c1-41(39(61)65-48-33(51)9-10-34(48)52)12-3-2-6-30(11-13-41)64-40(62)43-15-24-63-28-32(50)42-14-4-5-29(49)7-8-31(38(59)60)47-22-20-45(26-36(55)56)18-16-44(25-35(53)54)17-19-46(21-23-47)27-37(57)58/h2,6,30-31H,3-5,7-28H2,1H3,(H,42,50)(H,43,62)(H,53,54)(H,55,56)(H,57,58)(H,59,60)/b6-2+/t30-,31?,41+/m1/s1. The number of amides is 4. The molecule has 4 amide bonds. The third-order valence-electron chi connectivity index (χ3n) is 11.2. The van der Waals surface area contributed by atoms with Crippen molar-refractivity contribution in [3.63, 3.8) is 0 Å². The zero-order valence-electron chi connectivity index (χ0n) is 36.8. The molecule has 3 atom stereocenters. The average Bonchev–Trinajstić information content (AvgIpc) is 3.54. The highest BCUT2D eigenvalue weighted by molar-refractivity contribution is 6.01. The molecule has 3 rings (SSSR count). The lowest BCUT2D eigenvalue weighted by atomic mass is 9.79. The number of alkyl carbamates (subject to hydrolysis) is 1. The van der Waals surface area contributed by atoms with Crippen molar-refractivity contribution in [1.29, 1.82) is 0 Å². The number of rotatable bonds is 23. The Morgan fingerprint density at radius 2 is 1.31 bits per heavy atom. The SMILES string of the molecule is C[C@]1(C(=O)ON2C(=O)CCC2=O)CC/C=C/[C@@H](OC(=O)NCCOCC(=O)NCCCC(=O)CCC(C(=O)O)N2CCN(CC(=O)O)CCN(CC(=O)O)CCN(CC(=O)O)CC2)CC1. The molecule has 0 aromatic heterocycles. The van der Waals surface area contributed by atoms with Crippen molar-refractivity contribution >= 4 is 59.4 Å². The van der Waals surface area contributed by atoms with Crippen LogP contribution in [0.5, 0.6) is 0 Å².